The van der Waals surface area contributed by atoms with Crippen molar-refractivity contribution in [1.82, 2.24) is 0 Å². The van der Waals surface area contributed by atoms with E-state index in [2.05, 4.69) is 5.16 Å². The molecule has 0 aromatic heterocycles. The molecule has 1 aromatic rings. The second kappa shape index (κ2) is 4.99. The first kappa shape index (κ1) is 11.0. The zero-order valence-electron chi connectivity index (χ0n) is 8.43. The van der Waals surface area contributed by atoms with Crippen LogP contribution in [0.2, 0.25) is 0 Å². The van der Waals surface area contributed by atoms with Crippen molar-refractivity contribution in [2.75, 3.05) is 7.11 Å². The Morgan fingerprint density at radius 1 is 1.47 bits per heavy atom. The molecule has 0 heterocycles. The van der Waals surface area contributed by atoms with Crippen molar-refractivity contribution in [3.63, 3.8) is 0 Å². The van der Waals surface area contributed by atoms with Gasteiger partial charge >= 0.3 is 5.97 Å². The third kappa shape index (κ3) is 2.98. The minimum atomic E-state index is -0.420. The number of carbonyl (C=O) groups excluding carboxylic acids is 1. The summed E-state index contributed by atoms with van der Waals surface area (Å²) < 4.78 is 9.91. The number of esters is 1. The minimum absolute atomic E-state index is 0.333. The van der Waals surface area contributed by atoms with Crippen molar-refractivity contribution in [2.24, 2.45) is 5.16 Å². The Bertz CT molecular complexity index is 387. The molecular formula is C10H11NO4. The SMILES string of the molecule is COc1cc(/C=N/O)ccc1OC(C)=O. The highest BCUT2D eigenvalue weighted by Gasteiger charge is 2.06. The Morgan fingerprint density at radius 3 is 2.73 bits per heavy atom. The van der Waals surface area contributed by atoms with Crippen LogP contribution in [-0.4, -0.2) is 24.5 Å². The van der Waals surface area contributed by atoms with Gasteiger partial charge in [0.15, 0.2) is 11.5 Å². The van der Waals surface area contributed by atoms with Crippen LogP contribution in [0.1, 0.15) is 12.5 Å². The number of hydrogen-bond donors (Lipinski definition) is 1. The van der Waals surface area contributed by atoms with E-state index in [1.165, 1.54) is 20.2 Å². The number of oxime groups is 1. The van der Waals surface area contributed by atoms with Crippen LogP contribution in [0.25, 0.3) is 0 Å². The summed E-state index contributed by atoms with van der Waals surface area (Å²) in [5.74, 6) is 0.319. The van der Waals surface area contributed by atoms with Crippen molar-refractivity contribution in [2.45, 2.75) is 6.92 Å². The first-order valence-corrected chi connectivity index (χ1v) is 4.21. The van der Waals surface area contributed by atoms with Crippen LogP contribution < -0.4 is 9.47 Å². The van der Waals surface area contributed by atoms with Gasteiger partial charge in [-0.3, -0.25) is 4.79 Å². The molecule has 5 nitrogen and oxygen atoms in total. The van der Waals surface area contributed by atoms with E-state index in [0.29, 0.717) is 17.1 Å². The first-order valence-electron chi connectivity index (χ1n) is 4.21. The number of carbonyl (C=O) groups is 1. The van der Waals surface area contributed by atoms with Gasteiger partial charge in [0.2, 0.25) is 0 Å². The lowest BCUT2D eigenvalue weighted by Gasteiger charge is -2.07. The summed E-state index contributed by atoms with van der Waals surface area (Å²) >= 11 is 0. The van der Waals surface area contributed by atoms with Crippen molar-refractivity contribution in [3.8, 4) is 11.5 Å². The van der Waals surface area contributed by atoms with Crippen molar-refractivity contribution >= 4 is 12.2 Å². The summed E-state index contributed by atoms with van der Waals surface area (Å²) in [7, 11) is 1.46. The van der Waals surface area contributed by atoms with E-state index in [1.54, 1.807) is 18.2 Å². The smallest absolute Gasteiger partial charge is 0.308 e. The molecule has 0 spiro atoms. The topological polar surface area (TPSA) is 68.1 Å². The third-order valence-electron chi connectivity index (χ3n) is 1.65. The number of rotatable bonds is 3. The maximum Gasteiger partial charge on any atom is 0.308 e. The molecule has 0 radical (unpaired) electrons. The van der Waals surface area contributed by atoms with Gasteiger partial charge < -0.3 is 14.7 Å². The monoisotopic (exact) mass is 209 g/mol. The summed E-state index contributed by atoms with van der Waals surface area (Å²) in [4.78, 5) is 10.7. The molecule has 0 saturated heterocycles. The second-order valence-electron chi connectivity index (χ2n) is 2.75. The van der Waals surface area contributed by atoms with Crippen LogP contribution in [0.15, 0.2) is 23.4 Å². The minimum Gasteiger partial charge on any atom is -0.493 e. The molecule has 0 unspecified atom stereocenters. The fourth-order valence-corrected chi connectivity index (χ4v) is 1.07. The van der Waals surface area contributed by atoms with Crippen LogP contribution >= 0.6 is 0 Å². The predicted molar refractivity (Wildman–Crippen MR) is 53.7 cm³/mol. The molecule has 0 atom stereocenters. The van der Waals surface area contributed by atoms with Gasteiger partial charge in [-0.1, -0.05) is 5.16 Å². The van der Waals surface area contributed by atoms with Crippen molar-refractivity contribution in [1.29, 1.82) is 0 Å². The predicted octanol–water partition coefficient (Wildman–Crippen LogP) is 1.43. The molecule has 0 amide bonds. The van der Waals surface area contributed by atoms with E-state index in [1.807, 2.05) is 0 Å². The Kier molecular flexibility index (Phi) is 3.68. The molecule has 0 aliphatic carbocycles. The molecular weight excluding hydrogens is 198 g/mol. The summed E-state index contributed by atoms with van der Waals surface area (Å²) in [5, 5.41) is 11.2. The van der Waals surface area contributed by atoms with Gasteiger partial charge in [0.05, 0.1) is 13.3 Å². The fraction of sp³-hybridized carbons (Fsp3) is 0.200. The standard InChI is InChI=1S/C10H11NO4/c1-7(12)15-9-4-3-8(6-11-13)5-10(9)14-2/h3-6,13H,1-2H3/b11-6+. The number of nitrogens with zero attached hydrogens (tertiary/aromatic N) is 1. The van der Waals surface area contributed by atoms with Crippen LogP contribution in [-0.2, 0) is 4.79 Å². The van der Waals surface area contributed by atoms with Crippen LogP contribution in [0.4, 0.5) is 0 Å². The molecule has 0 aliphatic rings. The second-order valence-corrected chi connectivity index (χ2v) is 2.75. The zero-order valence-corrected chi connectivity index (χ0v) is 8.43. The Hall–Kier alpha value is -2.04. The summed E-state index contributed by atoms with van der Waals surface area (Å²) in [6.45, 7) is 1.31. The summed E-state index contributed by atoms with van der Waals surface area (Å²) in [6, 6.07) is 4.80. The maximum absolute atomic E-state index is 10.7. The van der Waals surface area contributed by atoms with E-state index in [0.717, 1.165) is 0 Å². The van der Waals surface area contributed by atoms with Crippen molar-refractivity contribution < 1.29 is 19.5 Å². The van der Waals surface area contributed by atoms with Crippen LogP contribution in [0, 0.1) is 0 Å². The number of benzene rings is 1. The number of hydrogen-bond acceptors (Lipinski definition) is 5. The molecule has 80 valence electrons. The molecule has 0 fully saturated rings. The average Bonchev–Trinajstić information content (AvgIpc) is 2.20. The largest absolute Gasteiger partial charge is 0.493 e. The van der Waals surface area contributed by atoms with Gasteiger partial charge in [-0.25, -0.2) is 0 Å². The Labute approximate surface area is 86.9 Å². The van der Waals surface area contributed by atoms with Gasteiger partial charge in [0.1, 0.15) is 0 Å². The molecule has 0 bridgehead atoms. The van der Waals surface area contributed by atoms with Crippen LogP contribution in [0.5, 0.6) is 11.5 Å². The van der Waals surface area contributed by atoms with Crippen molar-refractivity contribution in [3.05, 3.63) is 23.8 Å². The Balaban J connectivity index is 3.03. The highest BCUT2D eigenvalue weighted by molar-refractivity contribution is 5.81. The average molecular weight is 209 g/mol. The van der Waals surface area contributed by atoms with Gasteiger partial charge in [-0.05, 0) is 18.2 Å². The van der Waals surface area contributed by atoms with Gasteiger partial charge in [-0.2, -0.15) is 0 Å². The molecule has 0 saturated carbocycles. The number of ether oxygens (including phenoxy) is 2. The van der Waals surface area contributed by atoms with Gasteiger partial charge in [-0.15, -0.1) is 0 Å². The van der Waals surface area contributed by atoms with E-state index in [4.69, 9.17) is 14.7 Å². The highest BCUT2D eigenvalue weighted by Crippen LogP contribution is 2.27. The van der Waals surface area contributed by atoms with Gasteiger partial charge in [0, 0.05) is 12.5 Å². The molecule has 1 rings (SSSR count). The third-order valence-corrected chi connectivity index (χ3v) is 1.65. The summed E-state index contributed by atoms with van der Waals surface area (Å²) in [6.07, 6.45) is 1.25. The summed E-state index contributed by atoms with van der Waals surface area (Å²) in [5.41, 5.74) is 0.644. The van der Waals surface area contributed by atoms with Crippen LogP contribution in [0.3, 0.4) is 0 Å². The normalized spacial score (nSPS) is 10.3. The van der Waals surface area contributed by atoms with Gasteiger partial charge in [0.25, 0.3) is 0 Å². The molecule has 1 aromatic carbocycles. The van der Waals surface area contributed by atoms with E-state index >= 15 is 0 Å². The van der Waals surface area contributed by atoms with E-state index < -0.39 is 5.97 Å². The quantitative estimate of drug-likeness (QED) is 0.269. The zero-order chi connectivity index (χ0) is 11.3. The fourth-order valence-electron chi connectivity index (χ4n) is 1.07. The highest BCUT2D eigenvalue weighted by atomic mass is 16.6. The lowest BCUT2D eigenvalue weighted by molar-refractivity contribution is -0.132. The van der Waals surface area contributed by atoms with E-state index in [-0.39, 0.29) is 0 Å². The number of methoxy groups -OCH3 is 1. The lowest BCUT2D eigenvalue weighted by Crippen LogP contribution is -2.03. The molecule has 1 N–H and O–H groups in total. The molecule has 15 heavy (non-hydrogen) atoms. The Morgan fingerprint density at radius 2 is 2.20 bits per heavy atom. The van der Waals surface area contributed by atoms with E-state index in [9.17, 15) is 4.79 Å². The maximum atomic E-state index is 10.7. The molecule has 5 heteroatoms. The molecule has 0 aliphatic heterocycles. The first-order chi connectivity index (χ1) is 7.17. The lowest BCUT2D eigenvalue weighted by atomic mass is 10.2.